The summed E-state index contributed by atoms with van der Waals surface area (Å²) >= 11 is 1.12. The second kappa shape index (κ2) is 6.55. The summed E-state index contributed by atoms with van der Waals surface area (Å²) in [6, 6.07) is 0. The van der Waals surface area contributed by atoms with E-state index in [0.29, 0.717) is 24.0 Å². The molecule has 6 heteroatoms. The number of amides is 1. The number of carbonyl (C=O) groups excluding carboxylic acids is 1. The van der Waals surface area contributed by atoms with Gasteiger partial charge in [0.1, 0.15) is 5.82 Å². The van der Waals surface area contributed by atoms with Crippen LogP contribution < -0.4 is 5.32 Å². The highest BCUT2D eigenvalue weighted by Gasteiger charge is 2.09. The van der Waals surface area contributed by atoms with Crippen molar-refractivity contribution < 1.29 is 9.53 Å². The predicted octanol–water partition coefficient (Wildman–Crippen LogP) is 1.39. The van der Waals surface area contributed by atoms with Gasteiger partial charge in [-0.2, -0.15) is 4.37 Å². The average molecular weight is 243 g/mol. The van der Waals surface area contributed by atoms with Crippen LogP contribution in [0.1, 0.15) is 35.9 Å². The van der Waals surface area contributed by atoms with Gasteiger partial charge in [-0.3, -0.25) is 4.79 Å². The molecule has 1 aromatic heterocycles. The summed E-state index contributed by atoms with van der Waals surface area (Å²) in [7, 11) is 0. The summed E-state index contributed by atoms with van der Waals surface area (Å²) in [4.78, 5) is 15.5. The highest BCUT2D eigenvalue weighted by atomic mass is 32.1. The minimum absolute atomic E-state index is 0.157. The van der Waals surface area contributed by atoms with Gasteiger partial charge in [0.05, 0.1) is 6.10 Å². The standard InChI is InChI=1S/C10H17N3O2S/c1-7(2)15-6-4-5-11-9(14)10-12-8(3)13-16-10/h7H,4-6H2,1-3H3,(H,11,14). The van der Waals surface area contributed by atoms with Crippen LogP contribution in [0.4, 0.5) is 0 Å². The first kappa shape index (κ1) is 13.1. The fourth-order valence-corrected chi connectivity index (χ4v) is 1.65. The van der Waals surface area contributed by atoms with Gasteiger partial charge in [-0.25, -0.2) is 4.98 Å². The van der Waals surface area contributed by atoms with Crippen molar-refractivity contribution >= 4 is 17.4 Å². The quantitative estimate of drug-likeness (QED) is 0.767. The van der Waals surface area contributed by atoms with Gasteiger partial charge < -0.3 is 10.1 Å². The Bertz CT molecular complexity index is 339. The molecule has 1 aromatic rings. The van der Waals surface area contributed by atoms with Crippen molar-refractivity contribution in [3.8, 4) is 0 Å². The van der Waals surface area contributed by atoms with Crippen molar-refractivity contribution in [2.24, 2.45) is 0 Å². The molecule has 0 atom stereocenters. The van der Waals surface area contributed by atoms with Crippen molar-refractivity contribution in [1.29, 1.82) is 0 Å². The number of aryl methyl sites for hydroxylation is 1. The molecule has 1 amide bonds. The van der Waals surface area contributed by atoms with Crippen LogP contribution >= 0.6 is 11.5 Å². The molecule has 5 nitrogen and oxygen atoms in total. The molecule has 90 valence electrons. The Morgan fingerprint density at radius 3 is 2.88 bits per heavy atom. The molecule has 0 spiro atoms. The zero-order chi connectivity index (χ0) is 12.0. The monoisotopic (exact) mass is 243 g/mol. The van der Waals surface area contributed by atoms with Crippen LogP contribution in [0.5, 0.6) is 0 Å². The highest BCUT2D eigenvalue weighted by Crippen LogP contribution is 2.02. The fourth-order valence-electron chi connectivity index (χ4n) is 1.06. The first-order chi connectivity index (χ1) is 7.59. The fraction of sp³-hybridized carbons (Fsp3) is 0.700. The van der Waals surface area contributed by atoms with E-state index in [1.165, 1.54) is 0 Å². The van der Waals surface area contributed by atoms with Gasteiger partial charge in [-0.05, 0) is 38.7 Å². The van der Waals surface area contributed by atoms with Gasteiger partial charge in [0.15, 0.2) is 0 Å². The molecule has 0 radical (unpaired) electrons. The van der Waals surface area contributed by atoms with Gasteiger partial charge in [-0.1, -0.05) is 0 Å². The molecule has 0 saturated carbocycles. The predicted molar refractivity (Wildman–Crippen MR) is 62.7 cm³/mol. The van der Waals surface area contributed by atoms with E-state index >= 15 is 0 Å². The number of hydrogen-bond acceptors (Lipinski definition) is 5. The lowest BCUT2D eigenvalue weighted by atomic mass is 10.4. The zero-order valence-electron chi connectivity index (χ0n) is 9.82. The lowest BCUT2D eigenvalue weighted by molar-refractivity contribution is 0.0757. The number of rotatable bonds is 6. The second-order valence-electron chi connectivity index (χ2n) is 3.68. The SMILES string of the molecule is Cc1nsc(C(=O)NCCCOC(C)C)n1. The van der Waals surface area contributed by atoms with Gasteiger partial charge >= 0.3 is 0 Å². The van der Waals surface area contributed by atoms with Crippen molar-refractivity contribution in [3.05, 3.63) is 10.8 Å². The molecule has 0 aliphatic rings. The van der Waals surface area contributed by atoms with Crippen LogP contribution in [0.15, 0.2) is 0 Å². The number of nitrogens with zero attached hydrogens (tertiary/aromatic N) is 2. The summed E-state index contributed by atoms with van der Waals surface area (Å²) in [6.45, 7) is 7.01. The first-order valence-corrected chi connectivity index (χ1v) is 6.07. The van der Waals surface area contributed by atoms with E-state index in [4.69, 9.17) is 4.74 Å². The highest BCUT2D eigenvalue weighted by molar-refractivity contribution is 7.07. The van der Waals surface area contributed by atoms with Crippen LogP contribution in [-0.4, -0.2) is 34.5 Å². The van der Waals surface area contributed by atoms with Gasteiger partial charge in [0.2, 0.25) is 5.01 Å². The molecule has 0 aliphatic carbocycles. The smallest absolute Gasteiger partial charge is 0.281 e. The topological polar surface area (TPSA) is 64.1 Å². The molecule has 1 N–H and O–H groups in total. The molecule has 16 heavy (non-hydrogen) atoms. The third-order valence-corrected chi connectivity index (χ3v) is 2.58. The summed E-state index contributed by atoms with van der Waals surface area (Å²) in [5.41, 5.74) is 0. The lowest BCUT2D eigenvalue weighted by Crippen LogP contribution is -2.25. The van der Waals surface area contributed by atoms with E-state index in [1.54, 1.807) is 6.92 Å². The van der Waals surface area contributed by atoms with Crippen LogP contribution in [0.2, 0.25) is 0 Å². The third kappa shape index (κ3) is 4.67. The number of ether oxygens (including phenoxy) is 1. The normalized spacial score (nSPS) is 10.8. The van der Waals surface area contributed by atoms with Crippen LogP contribution in [0, 0.1) is 6.92 Å². The molecular weight excluding hydrogens is 226 g/mol. The summed E-state index contributed by atoms with van der Waals surface area (Å²) in [5, 5.41) is 3.19. The maximum absolute atomic E-state index is 11.5. The summed E-state index contributed by atoms with van der Waals surface area (Å²) in [5.74, 6) is 0.480. The maximum atomic E-state index is 11.5. The summed E-state index contributed by atoms with van der Waals surface area (Å²) in [6.07, 6.45) is 1.04. The Labute approximate surface area is 99.4 Å². The van der Waals surface area contributed by atoms with E-state index in [9.17, 15) is 4.79 Å². The van der Waals surface area contributed by atoms with E-state index in [1.807, 2.05) is 13.8 Å². The molecule has 0 aromatic carbocycles. The van der Waals surface area contributed by atoms with Crippen molar-refractivity contribution in [2.75, 3.05) is 13.2 Å². The van der Waals surface area contributed by atoms with Gasteiger partial charge in [-0.15, -0.1) is 0 Å². The van der Waals surface area contributed by atoms with Crippen LogP contribution in [0.25, 0.3) is 0 Å². The van der Waals surface area contributed by atoms with Gasteiger partial charge in [0.25, 0.3) is 5.91 Å². The average Bonchev–Trinajstić information content (AvgIpc) is 2.63. The number of hydrogen-bond donors (Lipinski definition) is 1. The van der Waals surface area contributed by atoms with Crippen LogP contribution in [0.3, 0.4) is 0 Å². The minimum Gasteiger partial charge on any atom is -0.379 e. The molecule has 0 fully saturated rings. The van der Waals surface area contributed by atoms with E-state index in [0.717, 1.165) is 18.0 Å². The van der Waals surface area contributed by atoms with E-state index in [-0.39, 0.29) is 12.0 Å². The van der Waals surface area contributed by atoms with Crippen molar-refractivity contribution in [1.82, 2.24) is 14.7 Å². The molecule has 0 saturated heterocycles. The Hall–Kier alpha value is -1.01. The Balaban J connectivity index is 2.16. The van der Waals surface area contributed by atoms with E-state index < -0.39 is 0 Å². The molecular formula is C10H17N3O2S. The molecule has 0 unspecified atom stereocenters. The minimum atomic E-state index is -0.157. The largest absolute Gasteiger partial charge is 0.379 e. The molecule has 1 rings (SSSR count). The number of aromatic nitrogens is 2. The molecule has 0 bridgehead atoms. The number of nitrogens with one attached hydrogen (secondary N) is 1. The third-order valence-electron chi connectivity index (χ3n) is 1.78. The maximum Gasteiger partial charge on any atom is 0.281 e. The second-order valence-corrected chi connectivity index (χ2v) is 4.43. The van der Waals surface area contributed by atoms with E-state index in [2.05, 4.69) is 14.7 Å². The Morgan fingerprint density at radius 1 is 1.56 bits per heavy atom. The molecule has 0 aliphatic heterocycles. The summed E-state index contributed by atoms with van der Waals surface area (Å²) < 4.78 is 9.31. The van der Waals surface area contributed by atoms with Crippen molar-refractivity contribution in [2.45, 2.75) is 33.3 Å². The lowest BCUT2D eigenvalue weighted by Gasteiger charge is -2.07. The Kier molecular flexibility index (Phi) is 5.34. The van der Waals surface area contributed by atoms with Crippen LogP contribution in [-0.2, 0) is 4.74 Å². The number of carbonyl (C=O) groups is 1. The van der Waals surface area contributed by atoms with Crippen molar-refractivity contribution in [3.63, 3.8) is 0 Å². The zero-order valence-corrected chi connectivity index (χ0v) is 10.6. The first-order valence-electron chi connectivity index (χ1n) is 5.29. The molecule has 1 heterocycles. The van der Waals surface area contributed by atoms with Gasteiger partial charge in [0, 0.05) is 13.2 Å². The Morgan fingerprint density at radius 2 is 2.31 bits per heavy atom.